The highest BCUT2D eigenvalue weighted by atomic mass is 14.9. The van der Waals surface area contributed by atoms with E-state index < -0.39 is 0 Å². The lowest BCUT2D eigenvalue weighted by Crippen LogP contribution is -2.13. The molecular weight excluding hydrogens is 186 g/mol. The van der Waals surface area contributed by atoms with E-state index in [1.165, 1.54) is 0 Å². The first kappa shape index (κ1) is 11.4. The van der Waals surface area contributed by atoms with Gasteiger partial charge in [-0.05, 0) is 24.6 Å². The van der Waals surface area contributed by atoms with Crippen LogP contribution in [0, 0.1) is 23.7 Å². The Labute approximate surface area is 90.7 Å². The van der Waals surface area contributed by atoms with Crippen LogP contribution >= 0.6 is 0 Å². The highest BCUT2D eigenvalue weighted by Crippen LogP contribution is 2.05. The fourth-order valence-corrected chi connectivity index (χ4v) is 1.39. The van der Waals surface area contributed by atoms with Gasteiger partial charge in [-0.3, -0.25) is 0 Å². The summed E-state index contributed by atoms with van der Waals surface area (Å²) in [6.07, 6.45) is 8.92. The Morgan fingerprint density at radius 3 is 3.00 bits per heavy atom. The van der Waals surface area contributed by atoms with E-state index in [0.29, 0.717) is 5.69 Å². The number of unbranched alkanes of at least 4 members (excludes halogenated alkanes) is 1. The van der Waals surface area contributed by atoms with Gasteiger partial charge < -0.3 is 9.88 Å². The van der Waals surface area contributed by atoms with Gasteiger partial charge in [0.15, 0.2) is 0 Å². The van der Waals surface area contributed by atoms with E-state index in [4.69, 9.17) is 11.7 Å². The van der Waals surface area contributed by atoms with Crippen LogP contribution in [0.4, 0.5) is 0 Å². The number of nitriles is 1. The molecule has 0 aromatic carbocycles. The summed E-state index contributed by atoms with van der Waals surface area (Å²) in [6, 6.07) is 4.03. The fraction of sp³-hybridized carbons (Fsp3) is 0.417. The van der Waals surface area contributed by atoms with Gasteiger partial charge in [0, 0.05) is 26.2 Å². The monoisotopic (exact) mass is 201 g/mol. The summed E-state index contributed by atoms with van der Waals surface area (Å²) >= 11 is 0. The maximum absolute atomic E-state index is 8.76. The summed E-state index contributed by atoms with van der Waals surface area (Å²) in [7, 11) is 1.88. The van der Waals surface area contributed by atoms with Crippen LogP contribution in [0.3, 0.4) is 0 Å². The molecule has 3 nitrogen and oxygen atoms in total. The molecule has 1 aromatic heterocycles. The summed E-state index contributed by atoms with van der Waals surface area (Å²) in [4.78, 5) is 0. The summed E-state index contributed by atoms with van der Waals surface area (Å²) < 4.78 is 1.83. The third kappa shape index (κ3) is 3.50. The van der Waals surface area contributed by atoms with Crippen molar-refractivity contribution < 1.29 is 0 Å². The van der Waals surface area contributed by atoms with Crippen molar-refractivity contribution in [1.82, 2.24) is 9.88 Å². The minimum Gasteiger partial charge on any atom is -0.342 e. The quantitative estimate of drug-likeness (QED) is 0.578. The van der Waals surface area contributed by atoms with Crippen molar-refractivity contribution in [3.8, 4) is 18.4 Å². The van der Waals surface area contributed by atoms with Gasteiger partial charge in [-0.1, -0.05) is 0 Å². The van der Waals surface area contributed by atoms with Crippen molar-refractivity contribution in [2.24, 2.45) is 7.05 Å². The van der Waals surface area contributed by atoms with Crippen LogP contribution in [0.15, 0.2) is 12.3 Å². The van der Waals surface area contributed by atoms with Crippen LogP contribution in [0.25, 0.3) is 0 Å². The molecule has 0 aliphatic rings. The van der Waals surface area contributed by atoms with Gasteiger partial charge in [-0.15, -0.1) is 12.3 Å². The number of rotatable bonds is 5. The van der Waals surface area contributed by atoms with E-state index in [1.807, 2.05) is 23.9 Å². The van der Waals surface area contributed by atoms with Gasteiger partial charge in [-0.2, -0.15) is 5.26 Å². The SMILES string of the molecule is C#CCCCNCc1cc(C#N)n(C)c1. The van der Waals surface area contributed by atoms with Crippen molar-refractivity contribution >= 4 is 0 Å². The second-order valence-electron chi connectivity index (χ2n) is 3.44. The van der Waals surface area contributed by atoms with E-state index in [-0.39, 0.29) is 0 Å². The van der Waals surface area contributed by atoms with E-state index in [0.717, 1.165) is 31.5 Å². The van der Waals surface area contributed by atoms with Crippen molar-refractivity contribution in [1.29, 1.82) is 5.26 Å². The number of hydrogen-bond acceptors (Lipinski definition) is 2. The molecule has 0 aliphatic heterocycles. The molecule has 15 heavy (non-hydrogen) atoms. The number of aromatic nitrogens is 1. The highest BCUT2D eigenvalue weighted by Gasteiger charge is 2.00. The van der Waals surface area contributed by atoms with E-state index in [9.17, 15) is 0 Å². The maximum atomic E-state index is 8.76. The summed E-state index contributed by atoms with van der Waals surface area (Å²) in [5, 5.41) is 12.0. The first-order valence-electron chi connectivity index (χ1n) is 4.97. The van der Waals surface area contributed by atoms with Crippen LogP contribution in [0.2, 0.25) is 0 Å². The van der Waals surface area contributed by atoms with Crippen molar-refractivity contribution in [2.75, 3.05) is 6.54 Å². The molecule has 0 amide bonds. The van der Waals surface area contributed by atoms with Gasteiger partial charge in [0.2, 0.25) is 0 Å². The third-order valence-corrected chi connectivity index (χ3v) is 2.18. The Morgan fingerprint density at radius 1 is 1.60 bits per heavy atom. The second kappa shape index (κ2) is 5.90. The predicted octanol–water partition coefficient (Wildman–Crippen LogP) is 1.40. The predicted molar refractivity (Wildman–Crippen MR) is 59.9 cm³/mol. The summed E-state index contributed by atoms with van der Waals surface area (Å²) in [5.74, 6) is 2.60. The molecule has 0 spiro atoms. The molecule has 0 saturated heterocycles. The molecule has 0 unspecified atom stereocenters. The van der Waals surface area contributed by atoms with Crippen LogP contribution in [0.5, 0.6) is 0 Å². The zero-order chi connectivity index (χ0) is 11.1. The van der Waals surface area contributed by atoms with Crippen LogP contribution in [-0.2, 0) is 13.6 Å². The lowest BCUT2D eigenvalue weighted by atomic mass is 10.3. The average molecular weight is 201 g/mol. The lowest BCUT2D eigenvalue weighted by Gasteiger charge is -2.00. The first-order chi connectivity index (χ1) is 7.27. The Balaban J connectivity index is 2.33. The van der Waals surface area contributed by atoms with Gasteiger partial charge in [0.1, 0.15) is 11.8 Å². The number of nitrogens with zero attached hydrogens (tertiary/aromatic N) is 2. The number of nitrogens with one attached hydrogen (secondary N) is 1. The molecule has 1 rings (SSSR count). The van der Waals surface area contributed by atoms with Crippen LogP contribution in [0.1, 0.15) is 24.1 Å². The molecular formula is C12H15N3. The summed E-state index contributed by atoms with van der Waals surface area (Å²) in [6.45, 7) is 1.71. The van der Waals surface area contributed by atoms with Gasteiger partial charge in [-0.25, -0.2) is 0 Å². The van der Waals surface area contributed by atoms with Crippen LogP contribution < -0.4 is 5.32 Å². The molecule has 0 radical (unpaired) electrons. The first-order valence-corrected chi connectivity index (χ1v) is 4.97. The minimum absolute atomic E-state index is 0.690. The molecule has 3 heteroatoms. The molecule has 0 saturated carbocycles. The van der Waals surface area contributed by atoms with E-state index in [2.05, 4.69) is 17.3 Å². The number of terminal acetylenes is 1. The van der Waals surface area contributed by atoms with E-state index in [1.54, 1.807) is 0 Å². The maximum Gasteiger partial charge on any atom is 0.120 e. The molecule has 1 aromatic rings. The van der Waals surface area contributed by atoms with Crippen molar-refractivity contribution in [3.05, 3.63) is 23.5 Å². The zero-order valence-corrected chi connectivity index (χ0v) is 8.95. The minimum atomic E-state index is 0.690. The zero-order valence-electron chi connectivity index (χ0n) is 8.95. The molecule has 1 N–H and O–H groups in total. The molecule has 0 bridgehead atoms. The molecule has 1 heterocycles. The largest absolute Gasteiger partial charge is 0.342 e. The van der Waals surface area contributed by atoms with Gasteiger partial charge in [0.05, 0.1) is 0 Å². The Morgan fingerprint density at radius 2 is 2.40 bits per heavy atom. The smallest absolute Gasteiger partial charge is 0.120 e. The molecule has 78 valence electrons. The molecule has 0 aliphatic carbocycles. The molecule has 0 atom stereocenters. The standard InChI is InChI=1S/C12H15N3/c1-3-4-5-6-14-9-11-7-12(8-13)15(2)10-11/h1,7,10,14H,4-6,9H2,2H3. The topological polar surface area (TPSA) is 40.8 Å². The van der Waals surface area contributed by atoms with E-state index >= 15 is 0 Å². The average Bonchev–Trinajstić information content (AvgIpc) is 2.59. The van der Waals surface area contributed by atoms with Crippen molar-refractivity contribution in [2.45, 2.75) is 19.4 Å². The van der Waals surface area contributed by atoms with Crippen LogP contribution in [-0.4, -0.2) is 11.1 Å². The van der Waals surface area contributed by atoms with Gasteiger partial charge >= 0.3 is 0 Å². The number of aryl methyl sites for hydroxylation is 1. The normalized spacial score (nSPS) is 9.53. The lowest BCUT2D eigenvalue weighted by molar-refractivity contribution is 0.658. The highest BCUT2D eigenvalue weighted by molar-refractivity contribution is 5.28. The van der Waals surface area contributed by atoms with Gasteiger partial charge in [0.25, 0.3) is 0 Å². The Kier molecular flexibility index (Phi) is 4.47. The Hall–Kier alpha value is -1.71. The summed E-state index contributed by atoms with van der Waals surface area (Å²) in [5.41, 5.74) is 1.82. The second-order valence-corrected chi connectivity index (χ2v) is 3.44. The Bertz CT molecular complexity index is 390. The third-order valence-electron chi connectivity index (χ3n) is 2.18. The number of hydrogen-bond donors (Lipinski definition) is 1. The molecule has 0 fully saturated rings. The van der Waals surface area contributed by atoms with Crippen molar-refractivity contribution in [3.63, 3.8) is 0 Å². The fourth-order valence-electron chi connectivity index (χ4n) is 1.39.